The Morgan fingerprint density at radius 1 is 0.576 bits per heavy atom. The average Bonchev–Trinajstić information content (AvgIpc) is 3.55. The van der Waals surface area contributed by atoms with Gasteiger partial charge in [-0.2, -0.15) is 10.2 Å². The van der Waals surface area contributed by atoms with Crippen LogP contribution in [0.15, 0.2) is 116 Å². The molecule has 0 aliphatic heterocycles. The van der Waals surface area contributed by atoms with E-state index in [0.29, 0.717) is 11.1 Å². The van der Waals surface area contributed by atoms with Crippen LogP contribution in [0.5, 0.6) is 0 Å². The fourth-order valence-corrected chi connectivity index (χ4v) is 3.46. The summed E-state index contributed by atoms with van der Waals surface area (Å²) in [6, 6.07) is 26.0. The van der Waals surface area contributed by atoms with Crippen LogP contribution in [0.1, 0.15) is 20.9 Å². The number of hydrogen-bond acceptors (Lipinski definition) is 6. The van der Waals surface area contributed by atoms with Crippen LogP contribution in [-0.4, -0.2) is 34.4 Å². The first-order valence-electron chi connectivity index (χ1n) is 9.50. The van der Waals surface area contributed by atoms with Gasteiger partial charge in [-0.05, 0) is 47.2 Å². The first-order chi connectivity index (χ1) is 15.7. The minimum absolute atomic E-state index is 0. The van der Waals surface area contributed by atoms with Crippen LogP contribution in [0.3, 0.4) is 0 Å². The van der Waals surface area contributed by atoms with Gasteiger partial charge < -0.3 is 10.2 Å². The number of hydrogen-bond donors (Lipinski definition) is 2. The van der Waals surface area contributed by atoms with Crippen molar-refractivity contribution in [3.63, 3.8) is 0 Å². The standard InChI is InChI=1S/2C12H10N2OS.Co/c2*15-12(10-5-2-1-3-6-10)14-13-9-11-7-4-8-16-11;/h2*1-9H,(H,14,15);/b2*13-9+;. The number of aliphatic hydroxyl groups is 2. The summed E-state index contributed by atoms with van der Waals surface area (Å²) in [5.41, 5.74) is 1.32. The van der Waals surface area contributed by atoms with Crippen LogP contribution >= 0.6 is 22.7 Å². The Kier molecular flexibility index (Phi) is 11.5. The number of thiophene rings is 2. The molecule has 0 fully saturated rings. The van der Waals surface area contributed by atoms with E-state index in [1.165, 1.54) is 0 Å². The molecule has 2 N–H and O–H groups in total. The zero-order valence-corrected chi connectivity index (χ0v) is 19.9. The van der Waals surface area contributed by atoms with Crippen LogP contribution in [0.25, 0.3) is 0 Å². The molecule has 2 aromatic heterocycles. The topological polar surface area (TPSA) is 89.9 Å². The van der Waals surface area contributed by atoms with Crippen LogP contribution in [0.2, 0.25) is 0 Å². The van der Waals surface area contributed by atoms with E-state index in [0.717, 1.165) is 9.75 Å². The molecule has 1 radical (unpaired) electrons. The molecule has 4 rings (SSSR count). The van der Waals surface area contributed by atoms with Crippen molar-refractivity contribution in [3.8, 4) is 0 Å². The monoisotopic (exact) mass is 519 g/mol. The maximum Gasteiger partial charge on any atom is 0.238 e. The third kappa shape index (κ3) is 9.34. The minimum atomic E-state index is -0.0755. The van der Waals surface area contributed by atoms with Gasteiger partial charge in [0.2, 0.25) is 11.8 Å². The Hall–Kier alpha value is -3.37. The molecule has 0 spiro atoms. The Bertz CT molecular complexity index is 1080. The van der Waals surface area contributed by atoms with Gasteiger partial charge in [-0.15, -0.1) is 32.9 Å². The van der Waals surface area contributed by atoms with Gasteiger partial charge in [0.05, 0.1) is 12.4 Å². The van der Waals surface area contributed by atoms with E-state index < -0.39 is 0 Å². The van der Waals surface area contributed by atoms with Gasteiger partial charge in [0.25, 0.3) is 0 Å². The van der Waals surface area contributed by atoms with Crippen molar-refractivity contribution in [2.24, 2.45) is 20.4 Å². The van der Waals surface area contributed by atoms with Crippen LogP contribution in [0, 0.1) is 0 Å². The largest absolute Gasteiger partial charge is 0.492 e. The second-order valence-electron chi connectivity index (χ2n) is 6.10. The van der Waals surface area contributed by atoms with Gasteiger partial charge in [-0.3, -0.25) is 0 Å². The second-order valence-corrected chi connectivity index (χ2v) is 8.06. The third-order valence-corrected chi connectivity index (χ3v) is 5.44. The van der Waals surface area contributed by atoms with Crippen molar-refractivity contribution in [1.29, 1.82) is 0 Å². The van der Waals surface area contributed by atoms with Crippen molar-refractivity contribution in [2.75, 3.05) is 0 Å². The molecule has 0 amide bonds. The molecule has 9 heteroatoms. The van der Waals surface area contributed by atoms with Gasteiger partial charge in [0.1, 0.15) is 0 Å². The predicted molar refractivity (Wildman–Crippen MR) is 135 cm³/mol. The smallest absolute Gasteiger partial charge is 0.238 e. The summed E-state index contributed by atoms with van der Waals surface area (Å²) < 4.78 is 0. The predicted octanol–water partition coefficient (Wildman–Crippen LogP) is 6.17. The molecule has 2 heterocycles. The quantitative estimate of drug-likeness (QED) is 0.181. The van der Waals surface area contributed by atoms with E-state index in [1.807, 2.05) is 71.4 Å². The van der Waals surface area contributed by atoms with E-state index in [-0.39, 0.29) is 28.6 Å². The first-order valence-corrected chi connectivity index (χ1v) is 11.3. The molecule has 0 unspecified atom stereocenters. The Balaban J connectivity index is 0.000000227. The van der Waals surface area contributed by atoms with Crippen LogP contribution in [-0.2, 0) is 16.8 Å². The molecule has 0 atom stereocenters. The molecular weight excluding hydrogens is 499 g/mol. The van der Waals surface area contributed by atoms with E-state index in [4.69, 9.17) is 0 Å². The number of nitrogens with zero attached hydrogens (tertiary/aromatic N) is 4. The molecule has 0 aliphatic carbocycles. The SMILES string of the molecule is O/C(=N/N=C/c1cccs1)c1ccccc1.O/C(=N/N=C/c1cccs1)c1ccccc1.[Co]. The fraction of sp³-hybridized carbons (Fsp3) is 0. The summed E-state index contributed by atoms with van der Waals surface area (Å²) in [6.45, 7) is 0. The zero-order valence-electron chi connectivity index (χ0n) is 17.2. The van der Waals surface area contributed by atoms with E-state index >= 15 is 0 Å². The molecule has 0 saturated carbocycles. The summed E-state index contributed by atoms with van der Waals surface area (Å²) in [4.78, 5) is 2.01. The van der Waals surface area contributed by atoms with Crippen molar-refractivity contribution in [2.45, 2.75) is 0 Å². The number of rotatable bonds is 6. The Morgan fingerprint density at radius 3 is 1.30 bits per heavy atom. The molecule has 6 nitrogen and oxygen atoms in total. The van der Waals surface area contributed by atoms with Gasteiger partial charge in [-0.25, -0.2) is 0 Å². The molecule has 4 aromatic rings. The summed E-state index contributed by atoms with van der Waals surface area (Å²) >= 11 is 3.14. The zero-order chi connectivity index (χ0) is 22.4. The first kappa shape index (κ1) is 25.9. The summed E-state index contributed by atoms with van der Waals surface area (Å²) in [7, 11) is 0. The maximum atomic E-state index is 9.59. The van der Waals surface area contributed by atoms with Crippen LogP contribution < -0.4 is 0 Å². The van der Waals surface area contributed by atoms with Crippen molar-refractivity contribution in [1.82, 2.24) is 0 Å². The van der Waals surface area contributed by atoms with Gasteiger partial charge in [0, 0.05) is 37.7 Å². The van der Waals surface area contributed by atoms with Gasteiger partial charge in [0.15, 0.2) is 0 Å². The van der Waals surface area contributed by atoms with E-state index in [2.05, 4.69) is 20.4 Å². The molecule has 33 heavy (non-hydrogen) atoms. The van der Waals surface area contributed by atoms with E-state index in [1.54, 1.807) is 59.4 Å². The average molecular weight is 520 g/mol. The normalized spacial score (nSPS) is 11.8. The summed E-state index contributed by atoms with van der Waals surface area (Å²) in [5.74, 6) is -0.151. The third-order valence-electron chi connectivity index (χ3n) is 3.83. The molecule has 0 bridgehead atoms. The molecule has 169 valence electrons. The van der Waals surface area contributed by atoms with Crippen molar-refractivity contribution < 1.29 is 27.0 Å². The Labute approximate surface area is 210 Å². The van der Waals surface area contributed by atoms with Crippen LogP contribution in [0.4, 0.5) is 0 Å². The second kappa shape index (κ2) is 14.6. The maximum absolute atomic E-state index is 9.59. The van der Waals surface area contributed by atoms with Crippen molar-refractivity contribution in [3.05, 3.63) is 117 Å². The molecular formula is C24H20CoN4O2S2. The fourth-order valence-electron chi connectivity index (χ4n) is 2.30. The molecule has 2 aromatic carbocycles. The Morgan fingerprint density at radius 2 is 0.970 bits per heavy atom. The van der Waals surface area contributed by atoms with Crippen molar-refractivity contribution >= 4 is 46.9 Å². The van der Waals surface area contributed by atoms with E-state index in [9.17, 15) is 10.2 Å². The summed E-state index contributed by atoms with van der Waals surface area (Å²) in [5, 5.41) is 38.2. The number of aliphatic hydroxyl groups excluding tert-OH is 2. The molecule has 0 saturated heterocycles. The van der Waals surface area contributed by atoms with Gasteiger partial charge >= 0.3 is 0 Å². The van der Waals surface area contributed by atoms with Gasteiger partial charge in [-0.1, -0.05) is 48.5 Å². The summed E-state index contributed by atoms with van der Waals surface area (Å²) in [6.07, 6.45) is 3.23. The molecule has 0 aliphatic rings. The number of benzene rings is 2. The minimum Gasteiger partial charge on any atom is -0.492 e.